The molecule has 2 aliphatic rings. The Labute approximate surface area is 144 Å². The van der Waals surface area contributed by atoms with Crippen molar-refractivity contribution in [1.29, 1.82) is 0 Å². The van der Waals surface area contributed by atoms with Gasteiger partial charge in [-0.2, -0.15) is 0 Å². The fraction of sp³-hybridized carbons (Fsp3) is 0.632. The normalized spacial score (nSPS) is 19.4. The van der Waals surface area contributed by atoms with E-state index in [0.717, 1.165) is 37.1 Å². The highest BCUT2D eigenvalue weighted by molar-refractivity contribution is 5.99. The van der Waals surface area contributed by atoms with Gasteiger partial charge in [-0.3, -0.25) is 4.79 Å². The molecule has 0 saturated carbocycles. The molecule has 2 heterocycles. The van der Waals surface area contributed by atoms with Crippen molar-refractivity contribution in [2.24, 2.45) is 0 Å². The maximum atomic E-state index is 12.8. The zero-order chi connectivity index (χ0) is 17.4. The fourth-order valence-electron chi connectivity index (χ4n) is 3.74. The summed E-state index contributed by atoms with van der Waals surface area (Å²) in [7, 11) is 0. The van der Waals surface area contributed by atoms with Gasteiger partial charge in [0.25, 0.3) is 5.91 Å². The predicted octanol–water partition coefficient (Wildman–Crippen LogP) is 2.88. The monoisotopic (exact) mass is 331 g/mol. The van der Waals surface area contributed by atoms with E-state index in [1.54, 1.807) is 6.07 Å². The van der Waals surface area contributed by atoms with Crippen LogP contribution >= 0.6 is 0 Å². The van der Waals surface area contributed by atoms with Crippen molar-refractivity contribution in [3.8, 4) is 5.75 Å². The summed E-state index contributed by atoms with van der Waals surface area (Å²) in [6.45, 7) is 11.2. The molecular weight excluding hydrogens is 302 g/mol. The SMILES string of the molecule is CC(C)Oc1cc2c(cc1N)C(=O)N(C1CCN(C(C)C)CC1)C2. The molecule has 0 spiro atoms. The van der Waals surface area contributed by atoms with Crippen molar-refractivity contribution in [2.75, 3.05) is 18.8 Å². The summed E-state index contributed by atoms with van der Waals surface area (Å²) in [4.78, 5) is 17.3. The van der Waals surface area contributed by atoms with E-state index in [9.17, 15) is 4.79 Å². The van der Waals surface area contributed by atoms with E-state index in [4.69, 9.17) is 10.5 Å². The van der Waals surface area contributed by atoms with E-state index in [-0.39, 0.29) is 12.0 Å². The number of ether oxygens (including phenoxy) is 1. The maximum absolute atomic E-state index is 12.8. The standard InChI is InChI=1S/C19H29N3O2/c1-12(2)21-7-5-15(6-8-21)22-11-14-9-18(24-13(3)4)17(20)10-16(14)19(22)23/h9-10,12-13,15H,5-8,11,20H2,1-4H3. The molecule has 2 aliphatic heterocycles. The Kier molecular flexibility index (Phi) is 4.72. The number of nitrogen functional groups attached to an aromatic ring is 1. The number of carbonyl (C=O) groups excluding carboxylic acids is 1. The number of amides is 1. The first-order valence-electron chi connectivity index (χ1n) is 9.01. The Morgan fingerprint density at radius 2 is 1.83 bits per heavy atom. The van der Waals surface area contributed by atoms with E-state index >= 15 is 0 Å². The highest BCUT2D eigenvalue weighted by Crippen LogP contribution is 2.34. The van der Waals surface area contributed by atoms with Crippen molar-refractivity contribution >= 4 is 11.6 Å². The molecule has 5 heteroatoms. The van der Waals surface area contributed by atoms with Gasteiger partial charge in [0.2, 0.25) is 0 Å². The quantitative estimate of drug-likeness (QED) is 0.862. The summed E-state index contributed by atoms with van der Waals surface area (Å²) >= 11 is 0. The first-order chi connectivity index (χ1) is 11.4. The van der Waals surface area contributed by atoms with Gasteiger partial charge in [-0.25, -0.2) is 0 Å². The van der Waals surface area contributed by atoms with Crippen molar-refractivity contribution in [2.45, 2.75) is 65.3 Å². The zero-order valence-electron chi connectivity index (χ0n) is 15.2. The molecule has 0 bridgehead atoms. The lowest BCUT2D eigenvalue weighted by Gasteiger charge is -2.38. The second-order valence-electron chi connectivity index (χ2n) is 7.51. The van der Waals surface area contributed by atoms with Gasteiger partial charge in [0.1, 0.15) is 5.75 Å². The molecule has 0 radical (unpaired) electrons. The van der Waals surface area contributed by atoms with Crippen LogP contribution in [0.3, 0.4) is 0 Å². The van der Waals surface area contributed by atoms with Crippen LogP contribution in [0.5, 0.6) is 5.75 Å². The van der Waals surface area contributed by atoms with Crippen LogP contribution in [0.25, 0.3) is 0 Å². The van der Waals surface area contributed by atoms with Crippen LogP contribution in [-0.4, -0.2) is 47.0 Å². The van der Waals surface area contributed by atoms with Gasteiger partial charge in [-0.1, -0.05) is 0 Å². The number of anilines is 1. The van der Waals surface area contributed by atoms with Crippen LogP contribution < -0.4 is 10.5 Å². The molecule has 1 aromatic rings. The number of benzene rings is 1. The van der Waals surface area contributed by atoms with E-state index in [1.165, 1.54) is 0 Å². The average molecular weight is 331 g/mol. The number of likely N-dealkylation sites (tertiary alicyclic amines) is 1. The third-order valence-electron chi connectivity index (χ3n) is 5.10. The molecule has 0 unspecified atom stereocenters. The number of carbonyl (C=O) groups is 1. The van der Waals surface area contributed by atoms with Crippen LogP contribution in [0.4, 0.5) is 5.69 Å². The predicted molar refractivity (Wildman–Crippen MR) is 96.2 cm³/mol. The molecule has 3 rings (SSSR count). The molecule has 1 aromatic carbocycles. The first kappa shape index (κ1) is 17.1. The van der Waals surface area contributed by atoms with E-state index in [1.807, 2.05) is 24.8 Å². The number of rotatable bonds is 4. The van der Waals surface area contributed by atoms with Crippen molar-refractivity contribution in [3.63, 3.8) is 0 Å². The lowest BCUT2D eigenvalue weighted by molar-refractivity contribution is 0.0566. The Morgan fingerprint density at radius 3 is 2.42 bits per heavy atom. The van der Waals surface area contributed by atoms with Gasteiger partial charge < -0.3 is 20.3 Å². The molecule has 1 saturated heterocycles. The summed E-state index contributed by atoms with van der Waals surface area (Å²) in [5.74, 6) is 0.809. The number of hydrogen-bond acceptors (Lipinski definition) is 4. The number of nitrogens with two attached hydrogens (primary N) is 1. The second kappa shape index (κ2) is 6.63. The number of nitrogens with zero attached hydrogens (tertiary/aromatic N) is 2. The Balaban J connectivity index is 1.74. The van der Waals surface area contributed by atoms with E-state index in [2.05, 4.69) is 18.7 Å². The molecule has 0 aliphatic carbocycles. The van der Waals surface area contributed by atoms with Gasteiger partial charge in [0, 0.05) is 37.3 Å². The zero-order valence-corrected chi connectivity index (χ0v) is 15.2. The van der Waals surface area contributed by atoms with E-state index < -0.39 is 0 Å². The van der Waals surface area contributed by atoms with Gasteiger partial charge in [-0.15, -0.1) is 0 Å². The summed E-state index contributed by atoms with van der Waals surface area (Å²) in [5.41, 5.74) is 8.41. The highest BCUT2D eigenvalue weighted by Gasteiger charge is 2.35. The van der Waals surface area contributed by atoms with Crippen molar-refractivity contribution < 1.29 is 9.53 Å². The largest absolute Gasteiger partial charge is 0.489 e. The van der Waals surface area contributed by atoms with Gasteiger partial charge in [0.05, 0.1) is 11.8 Å². The topological polar surface area (TPSA) is 58.8 Å². The van der Waals surface area contributed by atoms with Crippen LogP contribution in [0.15, 0.2) is 12.1 Å². The van der Waals surface area contributed by atoms with Crippen molar-refractivity contribution in [3.05, 3.63) is 23.3 Å². The second-order valence-corrected chi connectivity index (χ2v) is 7.51. The summed E-state index contributed by atoms with van der Waals surface area (Å²) in [6, 6.07) is 4.65. The van der Waals surface area contributed by atoms with Gasteiger partial charge >= 0.3 is 0 Å². The highest BCUT2D eigenvalue weighted by atomic mass is 16.5. The smallest absolute Gasteiger partial charge is 0.254 e. The molecule has 1 fully saturated rings. The minimum absolute atomic E-state index is 0.0684. The number of fused-ring (bicyclic) bond motifs is 1. The molecule has 5 nitrogen and oxygen atoms in total. The van der Waals surface area contributed by atoms with E-state index in [0.29, 0.717) is 30.1 Å². The lowest BCUT2D eigenvalue weighted by atomic mass is 10.0. The van der Waals surface area contributed by atoms with Gasteiger partial charge in [-0.05, 0) is 58.2 Å². The van der Waals surface area contributed by atoms with Crippen LogP contribution in [-0.2, 0) is 6.54 Å². The molecule has 0 atom stereocenters. The third kappa shape index (κ3) is 3.22. The molecular formula is C19H29N3O2. The number of piperidine rings is 1. The van der Waals surface area contributed by atoms with Crippen molar-refractivity contribution in [1.82, 2.24) is 9.80 Å². The summed E-state index contributed by atoms with van der Waals surface area (Å²) in [6.07, 6.45) is 2.16. The molecule has 2 N–H and O–H groups in total. The Bertz CT molecular complexity index is 619. The van der Waals surface area contributed by atoms with Gasteiger partial charge in [0.15, 0.2) is 0 Å². The number of hydrogen-bond donors (Lipinski definition) is 1. The lowest BCUT2D eigenvalue weighted by Crippen LogP contribution is -2.46. The minimum Gasteiger partial charge on any atom is -0.489 e. The summed E-state index contributed by atoms with van der Waals surface area (Å²) < 4.78 is 5.77. The van der Waals surface area contributed by atoms with Crippen LogP contribution in [0, 0.1) is 0 Å². The average Bonchev–Trinajstić information content (AvgIpc) is 2.84. The fourth-order valence-corrected chi connectivity index (χ4v) is 3.74. The molecule has 1 amide bonds. The molecule has 132 valence electrons. The van der Waals surface area contributed by atoms with Crippen LogP contribution in [0.1, 0.15) is 56.5 Å². The summed E-state index contributed by atoms with van der Waals surface area (Å²) in [5, 5.41) is 0. The Hall–Kier alpha value is -1.75. The maximum Gasteiger partial charge on any atom is 0.254 e. The third-order valence-corrected chi connectivity index (χ3v) is 5.10. The first-order valence-corrected chi connectivity index (χ1v) is 9.01. The molecule has 24 heavy (non-hydrogen) atoms. The van der Waals surface area contributed by atoms with Crippen LogP contribution in [0.2, 0.25) is 0 Å². The minimum atomic E-state index is 0.0684. The Morgan fingerprint density at radius 1 is 1.17 bits per heavy atom. The molecule has 0 aromatic heterocycles.